The van der Waals surface area contributed by atoms with Gasteiger partial charge in [-0.25, -0.2) is 0 Å². The Bertz CT molecular complexity index is 184. The van der Waals surface area contributed by atoms with Crippen LogP contribution in [0.25, 0.3) is 0 Å². The van der Waals surface area contributed by atoms with Crippen LogP contribution < -0.4 is 0 Å². The largest absolute Gasteiger partial charge is 0.481 e. The molecule has 76 valence electrons. The lowest BCUT2D eigenvalue weighted by Gasteiger charge is -2.33. The highest BCUT2D eigenvalue weighted by atomic mass is 16.4. The quantitative estimate of drug-likeness (QED) is 0.661. The normalized spacial score (nSPS) is 30.3. The summed E-state index contributed by atoms with van der Waals surface area (Å²) in [5.74, 6) is -1.43. The van der Waals surface area contributed by atoms with E-state index in [1.807, 2.05) is 0 Å². The molecular weight excluding hydrogens is 170 g/mol. The predicted octanol–water partition coefficient (Wildman–Crippen LogP) is 0.164. The zero-order valence-corrected chi connectivity index (χ0v) is 7.94. The van der Waals surface area contributed by atoms with E-state index in [1.165, 1.54) is 0 Å². The number of hydrogen-bond acceptors (Lipinski definition) is 3. The van der Waals surface area contributed by atoms with Crippen molar-refractivity contribution in [2.24, 2.45) is 5.92 Å². The maximum Gasteiger partial charge on any atom is 0.309 e. The second kappa shape index (κ2) is 4.58. The number of nitrogens with zero attached hydrogens (tertiary/aromatic N) is 1. The molecule has 13 heavy (non-hydrogen) atoms. The molecule has 0 radical (unpaired) electrons. The number of carbonyl (C=O) groups is 1. The highest BCUT2D eigenvalue weighted by Crippen LogP contribution is 2.17. The Labute approximate surface area is 78.2 Å². The van der Waals surface area contributed by atoms with Gasteiger partial charge in [0.05, 0.1) is 12.0 Å². The van der Waals surface area contributed by atoms with Crippen LogP contribution in [0.1, 0.15) is 19.8 Å². The third kappa shape index (κ3) is 2.67. The van der Waals surface area contributed by atoms with Gasteiger partial charge in [-0.3, -0.25) is 4.79 Å². The Balaban J connectivity index is 2.42. The van der Waals surface area contributed by atoms with Crippen LogP contribution in [0, 0.1) is 5.92 Å². The minimum absolute atomic E-state index is 0.505. The third-order valence-corrected chi connectivity index (χ3v) is 2.52. The van der Waals surface area contributed by atoms with E-state index in [0.717, 1.165) is 19.5 Å². The smallest absolute Gasteiger partial charge is 0.309 e. The molecule has 0 saturated carbocycles. The molecule has 0 aliphatic carbocycles. The van der Waals surface area contributed by atoms with E-state index in [4.69, 9.17) is 5.11 Å². The molecule has 4 heteroatoms. The maximum atomic E-state index is 10.7. The van der Waals surface area contributed by atoms with Crippen molar-refractivity contribution in [3.63, 3.8) is 0 Å². The van der Waals surface area contributed by atoms with Gasteiger partial charge in [0.15, 0.2) is 0 Å². The Morgan fingerprint density at radius 2 is 2.31 bits per heavy atom. The summed E-state index contributed by atoms with van der Waals surface area (Å²) in [5, 5.41) is 18.3. The summed E-state index contributed by atoms with van der Waals surface area (Å²) in [6.45, 7) is 4.33. The van der Waals surface area contributed by atoms with Crippen LogP contribution in [0.15, 0.2) is 0 Å². The molecule has 2 N–H and O–H groups in total. The number of hydrogen-bond donors (Lipinski definition) is 2. The molecule has 0 amide bonds. The molecule has 4 nitrogen and oxygen atoms in total. The standard InChI is InChI=1S/C9H17NO3/c1-2-4-10-5-3-7(9(12)13)8(11)6-10/h7-8,11H,2-6H2,1H3,(H,12,13). The van der Waals surface area contributed by atoms with Crippen LogP contribution >= 0.6 is 0 Å². The van der Waals surface area contributed by atoms with Gasteiger partial charge in [-0.05, 0) is 25.9 Å². The molecule has 1 aliphatic heterocycles. The van der Waals surface area contributed by atoms with Gasteiger partial charge in [-0.15, -0.1) is 0 Å². The highest BCUT2D eigenvalue weighted by molar-refractivity contribution is 5.70. The third-order valence-electron chi connectivity index (χ3n) is 2.52. The van der Waals surface area contributed by atoms with Gasteiger partial charge in [0.2, 0.25) is 0 Å². The van der Waals surface area contributed by atoms with Crippen LogP contribution in [-0.2, 0) is 4.79 Å². The number of β-amino-alcohol motifs (C(OH)–C–C–N with tert-alkyl or cyclic N) is 1. The van der Waals surface area contributed by atoms with Crippen molar-refractivity contribution in [1.82, 2.24) is 4.90 Å². The van der Waals surface area contributed by atoms with Crippen molar-refractivity contribution in [2.75, 3.05) is 19.6 Å². The van der Waals surface area contributed by atoms with E-state index in [0.29, 0.717) is 13.0 Å². The molecule has 2 unspecified atom stereocenters. The van der Waals surface area contributed by atoms with E-state index in [2.05, 4.69) is 11.8 Å². The fourth-order valence-corrected chi connectivity index (χ4v) is 1.80. The van der Waals surface area contributed by atoms with Gasteiger partial charge in [0.25, 0.3) is 0 Å². The van der Waals surface area contributed by atoms with E-state index in [1.54, 1.807) is 0 Å². The summed E-state index contributed by atoms with van der Waals surface area (Å²) >= 11 is 0. The van der Waals surface area contributed by atoms with Gasteiger partial charge >= 0.3 is 5.97 Å². The van der Waals surface area contributed by atoms with Gasteiger partial charge in [-0.2, -0.15) is 0 Å². The van der Waals surface area contributed by atoms with E-state index < -0.39 is 18.0 Å². The number of aliphatic carboxylic acids is 1. The van der Waals surface area contributed by atoms with Crippen LogP contribution in [0.4, 0.5) is 0 Å². The number of aliphatic hydroxyl groups is 1. The molecule has 1 saturated heterocycles. The maximum absolute atomic E-state index is 10.7. The number of aliphatic hydroxyl groups excluding tert-OH is 1. The van der Waals surface area contributed by atoms with E-state index >= 15 is 0 Å². The summed E-state index contributed by atoms with van der Waals surface area (Å²) in [5.41, 5.74) is 0. The summed E-state index contributed by atoms with van der Waals surface area (Å²) < 4.78 is 0. The minimum Gasteiger partial charge on any atom is -0.481 e. The zero-order valence-electron chi connectivity index (χ0n) is 7.94. The predicted molar refractivity (Wildman–Crippen MR) is 48.5 cm³/mol. The average Bonchev–Trinajstić information content (AvgIpc) is 2.04. The number of likely N-dealkylation sites (tertiary alicyclic amines) is 1. The Morgan fingerprint density at radius 1 is 1.62 bits per heavy atom. The van der Waals surface area contributed by atoms with Crippen LogP contribution in [-0.4, -0.2) is 46.8 Å². The van der Waals surface area contributed by atoms with Gasteiger partial charge in [0, 0.05) is 6.54 Å². The molecule has 1 heterocycles. The van der Waals surface area contributed by atoms with Crippen LogP contribution in [0.3, 0.4) is 0 Å². The Hall–Kier alpha value is -0.610. The Morgan fingerprint density at radius 3 is 2.77 bits per heavy atom. The molecule has 0 aromatic heterocycles. The van der Waals surface area contributed by atoms with Crippen molar-refractivity contribution in [3.05, 3.63) is 0 Å². The summed E-state index contributed by atoms with van der Waals surface area (Å²) in [4.78, 5) is 12.8. The number of piperidine rings is 1. The van der Waals surface area contributed by atoms with Crippen molar-refractivity contribution in [2.45, 2.75) is 25.9 Å². The first-order valence-corrected chi connectivity index (χ1v) is 4.78. The van der Waals surface area contributed by atoms with Crippen molar-refractivity contribution < 1.29 is 15.0 Å². The summed E-state index contributed by atoms with van der Waals surface area (Å²) in [6, 6.07) is 0. The average molecular weight is 187 g/mol. The van der Waals surface area contributed by atoms with Crippen LogP contribution in [0.2, 0.25) is 0 Å². The molecular formula is C9H17NO3. The zero-order chi connectivity index (χ0) is 9.84. The lowest BCUT2D eigenvalue weighted by Crippen LogP contribution is -2.46. The van der Waals surface area contributed by atoms with Gasteiger partial charge in [-0.1, -0.05) is 6.92 Å². The number of carboxylic acid groups (broad SMARTS) is 1. The second-order valence-electron chi connectivity index (χ2n) is 3.60. The van der Waals surface area contributed by atoms with Crippen molar-refractivity contribution in [3.8, 4) is 0 Å². The molecule has 1 rings (SSSR count). The molecule has 1 aliphatic rings. The van der Waals surface area contributed by atoms with Crippen molar-refractivity contribution in [1.29, 1.82) is 0 Å². The highest BCUT2D eigenvalue weighted by Gasteiger charge is 2.32. The van der Waals surface area contributed by atoms with Gasteiger partial charge < -0.3 is 15.1 Å². The molecule has 0 spiro atoms. The SMILES string of the molecule is CCCN1CCC(C(=O)O)C(O)C1. The molecule has 0 aromatic carbocycles. The van der Waals surface area contributed by atoms with Gasteiger partial charge in [0.1, 0.15) is 0 Å². The lowest BCUT2D eigenvalue weighted by molar-refractivity contribution is -0.148. The number of rotatable bonds is 3. The minimum atomic E-state index is -0.872. The molecule has 0 bridgehead atoms. The first kappa shape index (κ1) is 10.5. The first-order chi connectivity index (χ1) is 6.15. The van der Waals surface area contributed by atoms with Crippen LogP contribution in [0.5, 0.6) is 0 Å². The fourth-order valence-electron chi connectivity index (χ4n) is 1.80. The summed E-state index contributed by atoms with van der Waals surface area (Å²) in [7, 11) is 0. The monoisotopic (exact) mass is 187 g/mol. The van der Waals surface area contributed by atoms with E-state index in [9.17, 15) is 9.90 Å². The lowest BCUT2D eigenvalue weighted by atomic mass is 9.94. The number of carboxylic acids is 1. The topological polar surface area (TPSA) is 60.8 Å². The second-order valence-corrected chi connectivity index (χ2v) is 3.60. The molecule has 1 fully saturated rings. The van der Waals surface area contributed by atoms with E-state index in [-0.39, 0.29) is 0 Å². The summed E-state index contributed by atoms with van der Waals surface area (Å²) in [6.07, 6.45) is 0.916. The molecule has 0 aromatic rings. The molecule has 2 atom stereocenters. The first-order valence-electron chi connectivity index (χ1n) is 4.78. The fraction of sp³-hybridized carbons (Fsp3) is 0.889. The van der Waals surface area contributed by atoms with Crippen molar-refractivity contribution >= 4 is 5.97 Å². The Kier molecular flexibility index (Phi) is 3.69.